The second-order valence-corrected chi connectivity index (χ2v) is 3.82. The molecule has 1 atom stereocenters. The van der Waals surface area contributed by atoms with Crippen LogP contribution in [-0.2, 0) is 0 Å². The zero-order chi connectivity index (χ0) is 12.4. The van der Waals surface area contributed by atoms with Crippen LogP contribution in [0.25, 0.3) is 0 Å². The average molecular weight is 221 g/mol. The van der Waals surface area contributed by atoms with Gasteiger partial charge in [-0.1, -0.05) is 58.0 Å². The van der Waals surface area contributed by atoms with Crippen molar-refractivity contribution in [2.24, 2.45) is 0 Å². The molecule has 0 aromatic heterocycles. The van der Waals surface area contributed by atoms with Gasteiger partial charge >= 0.3 is 0 Å². The Morgan fingerprint density at radius 1 is 1.06 bits per heavy atom. The molecule has 0 radical (unpaired) electrons. The highest BCUT2D eigenvalue weighted by Crippen LogP contribution is 2.22. The van der Waals surface area contributed by atoms with Gasteiger partial charge in [0.1, 0.15) is 0 Å². The summed E-state index contributed by atoms with van der Waals surface area (Å²) in [5.41, 5.74) is 1.44. The van der Waals surface area contributed by atoms with Gasteiger partial charge in [0.15, 0.2) is 0 Å². The Labute approximate surface area is 101 Å². The molecule has 0 N–H and O–H groups in total. The molecule has 0 aliphatic rings. The van der Waals surface area contributed by atoms with Gasteiger partial charge in [-0.3, -0.25) is 4.90 Å². The van der Waals surface area contributed by atoms with Crippen molar-refractivity contribution in [2.45, 2.75) is 46.6 Å². The third kappa shape index (κ3) is 4.80. The Bertz CT molecular complexity index is 243. The van der Waals surface area contributed by atoms with Gasteiger partial charge in [0, 0.05) is 6.04 Å². The normalized spacial score (nSPS) is 11.9. The van der Waals surface area contributed by atoms with Crippen LogP contribution in [0, 0.1) is 0 Å². The maximum Gasteiger partial charge on any atom is 0.0342 e. The van der Waals surface area contributed by atoms with Crippen molar-refractivity contribution in [2.75, 3.05) is 13.6 Å². The molecule has 1 aromatic carbocycles. The minimum atomic E-state index is 0.580. The van der Waals surface area contributed by atoms with Gasteiger partial charge in [-0.2, -0.15) is 0 Å². The molecule has 1 nitrogen and oxygen atoms in total. The van der Waals surface area contributed by atoms with Gasteiger partial charge in [-0.05, 0) is 32.0 Å². The van der Waals surface area contributed by atoms with E-state index in [-0.39, 0.29) is 0 Å². The second kappa shape index (κ2) is 9.41. The van der Waals surface area contributed by atoms with Gasteiger partial charge in [-0.15, -0.1) is 0 Å². The Morgan fingerprint density at radius 2 is 1.62 bits per heavy atom. The van der Waals surface area contributed by atoms with Gasteiger partial charge in [0.25, 0.3) is 0 Å². The lowest BCUT2D eigenvalue weighted by molar-refractivity contribution is 0.239. The molecule has 1 rings (SSSR count). The highest BCUT2D eigenvalue weighted by Gasteiger charge is 2.12. The number of hydrogen-bond donors (Lipinski definition) is 0. The number of hydrogen-bond acceptors (Lipinski definition) is 1. The van der Waals surface area contributed by atoms with Crippen molar-refractivity contribution in [1.29, 1.82) is 0 Å². The van der Waals surface area contributed by atoms with E-state index >= 15 is 0 Å². The lowest BCUT2D eigenvalue weighted by Crippen LogP contribution is -2.24. The van der Waals surface area contributed by atoms with Crippen LogP contribution in [0.3, 0.4) is 0 Å². The molecule has 0 amide bonds. The summed E-state index contributed by atoms with van der Waals surface area (Å²) in [6, 6.07) is 11.3. The lowest BCUT2D eigenvalue weighted by atomic mass is 10.0. The molecule has 92 valence electrons. The fraction of sp³-hybridized carbons (Fsp3) is 0.600. The Balaban J connectivity index is 0.00000106. The molecule has 1 aromatic rings. The van der Waals surface area contributed by atoms with E-state index in [0.717, 1.165) is 0 Å². The highest BCUT2D eigenvalue weighted by atomic mass is 15.1. The fourth-order valence-corrected chi connectivity index (χ4v) is 1.99. The van der Waals surface area contributed by atoms with E-state index in [9.17, 15) is 0 Å². The molecule has 1 heteroatoms. The Morgan fingerprint density at radius 3 is 2.06 bits per heavy atom. The summed E-state index contributed by atoms with van der Waals surface area (Å²) in [6.45, 7) is 9.66. The van der Waals surface area contributed by atoms with Crippen LogP contribution >= 0.6 is 0 Å². The molecule has 0 saturated carbocycles. The van der Waals surface area contributed by atoms with Crippen LogP contribution in [0.2, 0.25) is 0 Å². The molecular weight excluding hydrogens is 194 g/mol. The summed E-state index contributed by atoms with van der Waals surface area (Å²) in [4.78, 5) is 2.44. The first-order valence-electron chi connectivity index (χ1n) is 6.54. The average Bonchev–Trinajstić information content (AvgIpc) is 2.34. The molecule has 0 heterocycles. The molecule has 0 spiro atoms. The maximum absolute atomic E-state index is 2.44. The van der Waals surface area contributed by atoms with Gasteiger partial charge < -0.3 is 0 Å². The van der Waals surface area contributed by atoms with E-state index in [0.29, 0.717) is 6.04 Å². The first-order valence-corrected chi connectivity index (χ1v) is 6.54. The Hall–Kier alpha value is -0.820. The second-order valence-electron chi connectivity index (χ2n) is 3.82. The zero-order valence-corrected chi connectivity index (χ0v) is 11.5. The van der Waals surface area contributed by atoms with Crippen molar-refractivity contribution in [1.82, 2.24) is 4.90 Å². The molecule has 0 saturated heterocycles. The monoisotopic (exact) mass is 221 g/mol. The van der Waals surface area contributed by atoms with Crippen molar-refractivity contribution in [3.05, 3.63) is 35.9 Å². The van der Waals surface area contributed by atoms with E-state index in [1.165, 1.54) is 24.9 Å². The number of rotatable bonds is 5. The highest BCUT2D eigenvalue weighted by molar-refractivity contribution is 5.18. The standard InChI is InChI=1S/C13H21N.C2H6/c1-4-11-14(3)13(5-2)12-9-7-6-8-10-12;1-2/h6-10,13H,4-5,11H2,1-3H3;1-2H3. The Kier molecular flexibility index (Phi) is 8.93. The van der Waals surface area contributed by atoms with E-state index in [1.54, 1.807) is 0 Å². The quantitative estimate of drug-likeness (QED) is 0.707. The topological polar surface area (TPSA) is 3.24 Å². The minimum absolute atomic E-state index is 0.580. The summed E-state index contributed by atoms with van der Waals surface area (Å²) in [7, 11) is 2.21. The van der Waals surface area contributed by atoms with Crippen LogP contribution in [0.4, 0.5) is 0 Å². The molecular formula is C15H27N. The first kappa shape index (κ1) is 15.2. The zero-order valence-electron chi connectivity index (χ0n) is 11.5. The third-order valence-electron chi connectivity index (χ3n) is 2.68. The van der Waals surface area contributed by atoms with Crippen molar-refractivity contribution in [3.63, 3.8) is 0 Å². The van der Waals surface area contributed by atoms with E-state index < -0.39 is 0 Å². The first-order chi connectivity index (χ1) is 7.79. The molecule has 0 fully saturated rings. The largest absolute Gasteiger partial charge is 0.299 e. The van der Waals surface area contributed by atoms with Gasteiger partial charge in [0.05, 0.1) is 0 Å². The van der Waals surface area contributed by atoms with Gasteiger partial charge in [0.2, 0.25) is 0 Å². The van der Waals surface area contributed by atoms with Crippen LogP contribution < -0.4 is 0 Å². The minimum Gasteiger partial charge on any atom is -0.299 e. The third-order valence-corrected chi connectivity index (χ3v) is 2.68. The number of benzene rings is 1. The van der Waals surface area contributed by atoms with E-state index in [1.807, 2.05) is 13.8 Å². The molecule has 16 heavy (non-hydrogen) atoms. The van der Waals surface area contributed by atoms with Crippen LogP contribution in [0.15, 0.2) is 30.3 Å². The summed E-state index contributed by atoms with van der Waals surface area (Å²) in [5, 5.41) is 0. The van der Waals surface area contributed by atoms with Crippen LogP contribution in [0.1, 0.15) is 52.1 Å². The summed E-state index contributed by atoms with van der Waals surface area (Å²) >= 11 is 0. The maximum atomic E-state index is 2.44. The molecule has 0 aliphatic carbocycles. The van der Waals surface area contributed by atoms with Crippen molar-refractivity contribution >= 4 is 0 Å². The summed E-state index contributed by atoms with van der Waals surface area (Å²) < 4.78 is 0. The molecule has 0 bridgehead atoms. The van der Waals surface area contributed by atoms with Crippen LogP contribution in [0.5, 0.6) is 0 Å². The van der Waals surface area contributed by atoms with Crippen molar-refractivity contribution in [3.8, 4) is 0 Å². The van der Waals surface area contributed by atoms with Crippen molar-refractivity contribution < 1.29 is 0 Å². The SMILES string of the molecule is CC.CCCN(C)C(CC)c1ccccc1. The molecule has 0 aliphatic heterocycles. The van der Waals surface area contributed by atoms with Gasteiger partial charge in [-0.25, -0.2) is 0 Å². The molecule has 1 unspecified atom stereocenters. The summed E-state index contributed by atoms with van der Waals surface area (Å²) in [6.07, 6.45) is 2.40. The fourth-order valence-electron chi connectivity index (χ4n) is 1.99. The smallest absolute Gasteiger partial charge is 0.0342 e. The van der Waals surface area contributed by atoms with E-state index in [4.69, 9.17) is 0 Å². The predicted octanol–water partition coefficient (Wildman–Crippen LogP) is 4.51. The van der Waals surface area contributed by atoms with Crippen LogP contribution in [-0.4, -0.2) is 18.5 Å². The summed E-state index contributed by atoms with van der Waals surface area (Å²) in [5.74, 6) is 0. The predicted molar refractivity (Wildman–Crippen MR) is 73.7 cm³/mol. The number of nitrogens with zero attached hydrogens (tertiary/aromatic N) is 1. The van der Waals surface area contributed by atoms with E-state index in [2.05, 4.69) is 56.1 Å². The lowest BCUT2D eigenvalue weighted by Gasteiger charge is -2.27.